The third kappa shape index (κ3) is 3.48. The molecule has 5 rings (SSSR count). The van der Waals surface area contributed by atoms with Crippen molar-refractivity contribution in [2.75, 3.05) is 11.9 Å². The van der Waals surface area contributed by atoms with Gasteiger partial charge in [0.1, 0.15) is 0 Å². The number of carbonyl (C=O) groups is 1. The van der Waals surface area contributed by atoms with E-state index in [1.807, 2.05) is 73.5 Å². The van der Waals surface area contributed by atoms with Gasteiger partial charge in [-0.1, -0.05) is 30.3 Å². The maximum Gasteiger partial charge on any atom is 0.287 e. The van der Waals surface area contributed by atoms with Crippen molar-refractivity contribution in [3.63, 3.8) is 0 Å². The molecule has 3 aromatic heterocycles. The molecule has 1 atom stereocenters. The van der Waals surface area contributed by atoms with Crippen LogP contribution >= 0.6 is 0 Å². The highest BCUT2D eigenvalue weighted by Gasteiger charge is 2.18. The van der Waals surface area contributed by atoms with Crippen molar-refractivity contribution >= 4 is 39.3 Å². The lowest BCUT2D eigenvalue weighted by molar-refractivity contribution is 0.0930. The summed E-state index contributed by atoms with van der Waals surface area (Å²) in [6.07, 6.45) is 3.52. The fourth-order valence-electron chi connectivity index (χ4n) is 3.64. The summed E-state index contributed by atoms with van der Waals surface area (Å²) in [5, 5.41) is 11.4. The molecule has 3 heterocycles. The van der Waals surface area contributed by atoms with E-state index in [9.17, 15) is 4.79 Å². The van der Waals surface area contributed by atoms with Crippen LogP contribution in [-0.4, -0.2) is 38.1 Å². The summed E-state index contributed by atoms with van der Waals surface area (Å²) in [5.74, 6) is 0.791. The summed E-state index contributed by atoms with van der Waals surface area (Å²) in [5.41, 5.74) is 4.28. The first-order valence-electron chi connectivity index (χ1n) is 9.97. The Morgan fingerprint density at radius 1 is 1.10 bits per heavy atom. The molecule has 1 unspecified atom stereocenters. The quantitative estimate of drug-likeness (QED) is 0.404. The maximum absolute atomic E-state index is 12.7. The number of aromatic amines is 2. The normalized spacial score (nSPS) is 12.2. The first-order valence-corrected chi connectivity index (χ1v) is 9.97. The van der Waals surface area contributed by atoms with Gasteiger partial charge in [0.2, 0.25) is 0 Å². The van der Waals surface area contributed by atoms with Crippen LogP contribution in [0.1, 0.15) is 29.1 Å². The fraction of sp³-hybridized carbons (Fsp3) is 0.130. The van der Waals surface area contributed by atoms with Crippen LogP contribution in [0.15, 0.2) is 67.0 Å². The Hall–Kier alpha value is -4.20. The molecule has 2 aromatic carbocycles. The minimum atomic E-state index is -0.248. The van der Waals surface area contributed by atoms with Gasteiger partial charge < -0.3 is 15.2 Å². The first kappa shape index (κ1) is 18.8. The number of fused-ring (bicyclic) bond motifs is 2. The Bertz CT molecular complexity index is 1360. The van der Waals surface area contributed by atoms with Crippen molar-refractivity contribution in [3.8, 4) is 0 Å². The van der Waals surface area contributed by atoms with Gasteiger partial charge in [-0.2, -0.15) is 5.10 Å². The monoisotopic (exact) mass is 411 g/mol. The molecular weight excluding hydrogens is 390 g/mol. The van der Waals surface area contributed by atoms with Crippen molar-refractivity contribution in [1.82, 2.24) is 30.5 Å². The predicted molar refractivity (Wildman–Crippen MR) is 120 cm³/mol. The number of anilines is 2. The van der Waals surface area contributed by atoms with Gasteiger partial charge in [0.15, 0.2) is 11.6 Å². The van der Waals surface area contributed by atoms with E-state index in [4.69, 9.17) is 0 Å². The van der Waals surface area contributed by atoms with Gasteiger partial charge in [-0.3, -0.25) is 14.9 Å². The summed E-state index contributed by atoms with van der Waals surface area (Å²) in [4.78, 5) is 26.5. The summed E-state index contributed by atoms with van der Waals surface area (Å²) in [6, 6.07) is 17.4. The molecule has 0 saturated heterocycles. The highest BCUT2D eigenvalue weighted by atomic mass is 16.2. The molecule has 31 heavy (non-hydrogen) atoms. The fourth-order valence-corrected chi connectivity index (χ4v) is 3.64. The van der Waals surface area contributed by atoms with E-state index < -0.39 is 0 Å². The second-order valence-electron chi connectivity index (χ2n) is 7.42. The van der Waals surface area contributed by atoms with Crippen LogP contribution in [0, 0.1) is 0 Å². The van der Waals surface area contributed by atoms with Crippen molar-refractivity contribution < 1.29 is 4.79 Å². The van der Waals surface area contributed by atoms with E-state index in [0.717, 1.165) is 33.5 Å². The number of amides is 1. The molecule has 0 fully saturated rings. The molecule has 154 valence electrons. The van der Waals surface area contributed by atoms with E-state index in [0.29, 0.717) is 5.52 Å². The van der Waals surface area contributed by atoms with Crippen LogP contribution in [-0.2, 0) is 0 Å². The first-order chi connectivity index (χ1) is 15.1. The van der Waals surface area contributed by atoms with Crippen molar-refractivity contribution in [3.05, 3.63) is 78.4 Å². The standard InChI is InChI=1S/C23H21N7O/c1-14(15-7-4-3-5-8-15)25-23(31)21-26-19-11-17-18(12-20(19)27-21)28-29-22(17)30(2)16-9-6-10-24-13-16/h3-14H,1-2H3,(H,25,31)(H,26,27)(H,28,29). The molecule has 8 heteroatoms. The molecule has 0 bridgehead atoms. The van der Waals surface area contributed by atoms with Gasteiger partial charge in [-0.25, -0.2) is 4.98 Å². The van der Waals surface area contributed by atoms with Gasteiger partial charge in [0.25, 0.3) is 5.91 Å². The lowest BCUT2D eigenvalue weighted by Crippen LogP contribution is -2.27. The average Bonchev–Trinajstić information content (AvgIpc) is 3.41. The number of H-pyrrole nitrogens is 2. The molecular formula is C23H21N7O. The molecule has 0 radical (unpaired) electrons. The number of benzene rings is 2. The van der Waals surface area contributed by atoms with Crippen molar-refractivity contribution in [2.24, 2.45) is 0 Å². The van der Waals surface area contributed by atoms with E-state index in [1.54, 1.807) is 12.4 Å². The van der Waals surface area contributed by atoms with Gasteiger partial charge in [-0.15, -0.1) is 0 Å². The van der Waals surface area contributed by atoms with Crippen LogP contribution in [0.2, 0.25) is 0 Å². The van der Waals surface area contributed by atoms with E-state index in [1.165, 1.54) is 0 Å². The van der Waals surface area contributed by atoms with Gasteiger partial charge in [0, 0.05) is 18.6 Å². The molecule has 1 amide bonds. The summed E-state index contributed by atoms with van der Waals surface area (Å²) >= 11 is 0. The summed E-state index contributed by atoms with van der Waals surface area (Å²) in [6.45, 7) is 1.95. The number of nitrogens with zero attached hydrogens (tertiary/aromatic N) is 4. The number of hydrogen-bond acceptors (Lipinski definition) is 5. The Morgan fingerprint density at radius 2 is 1.94 bits per heavy atom. The van der Waals surface area contributed by atoms with E-state index >= 15 is 0 Å². The number of carbonyl (C=O) groups excluding carboxylic acids is 1. The second-order valence-corrected chi connectivity index (χ2v) is 7.42. The average molecular weight is 411 g/mol. The Morgan fingerprint density at radius 3 is 2.71 bits per heavy atom. The molecule has 0 aliphatic heterocycles. The van der Waals surface area contributed by atoms with E-state index in [2.05, 4.69) is 30.5 Å². The molecule has 0 spiro atoms. The van der Waals surface area contributed by atoms with Crippen LogP contribution in [0.4, 0.5) is 11.5 Å². The number of nitrogens with one attached hydrogen (secondary N) is 3. The number of rotatable bonds is 5. The zero-order chi connectivity index (χ0) is 21.4. The molecule has 5 aromatic rings. The van der Waals surface area contributed by atoms with Crippen molar-refractivity contribution in [1.29, 1.82) is 0 Å². The molecule has 8 nitrogen and oxygen atoms in total. The Kier molecular flexibility index (Phi) is 4.59. The second kappa shape index (κ2) is 7.56. The minimum absolute atomic E-state index is 0.125. The van der Waals surface area contributed by atoms with Gasteiger partial charge in [0.05, 0.1) is 34.5 Å². The van der Waals surface area contributed by atoms with Crippen molar-refractivity contribution in [2.45, 2.75) is 13.0 Å². The Labute approximate surface area is 178 Å². The minimum Gasteiger partial charge on any atom is -0.343 e. The zero-order valence-corrected chi connectivity index (χ0v) is 17.1. The number of imidazole rings is 1. The predicted octanol–water partition coefficient (Wildman–Crippen LogP) is 4.09. The third-order valence-corrected chi connectivity index (χ3v) is 5.36. The number of hydrogen-bond donors (Lipinski definition) is 3. The number of aromatic nitrogens is 5. The largest absolute Gasteiger partial charge is 0.343 e. The van der Waals surface area contributed by atoms with Crippen LogP contribution in [0.25, 0.3) is 21.9 Å². The summed E-state index contributed by atoms with van der Waals surface area (Å²) < 4.78 is 0. The highest BCUT2D eigenvalue weighted by molar-refractivity contribution is 6.02. The topological polar surface area (TPSA) is 103 Å². The van der Waals surface area contributed by atoms with Gasteiger partial charge in [-0.05, 0) is 36.8 Å². The van der Waals surface area contributed by atoms with Gasteiger partial charge >= 0.3 is 0 Å². The molecule has 3 N–H and O–H groups in total. The molecule has 0 saturated carbocycles. The van der Waals surface area contributed by atoms with Crippen LogP contribution in [0.5, 0.6) is 0 Å². The Balaban J connectivity index is 1.45. The smallest absolute Gasteiger partial charge is 0.287 e. The highest BCUT2D eigenvalue weighted by Crippen LogP contribution is 2.30. The SMILES string of the molecule is CC(NC(=O)c1nc2cc3c(N(C)c4cccnc4)n[nH]c3cc2[nH]1)c1ccccc1. The molecule has 0 aliphatic carbocycles. The zero-order valence-electron chi connectivity index (χ0n) is 17.1. The lowest BCUT2D eigenvalue weighted by Gasteiger charge is -2.16. The maximum atomic E-state index is 12.7. The van der Waals surface area contributed by atoms with Crippen LogP contribution in [0.3, 0.4) is 0 Å². The molecule has 0 aliphatic rings. The van der Waals surface area contributed by atoms with Crippen LogP contribution < -0.4 is 10.2 Å². The third-order valence-electron chi connectivity index (χ3n) is 5.36. The van der Waals surface area contributed by atoms with E-state index in [-0.39, 0.29) is 17.8 Å². The number of pyridine rings is 1. The lowest BCUT2D eigenvalue weighted by atomic mass is 10.1. The summed E-state index contributed by atoms with van der Waals surface area (Å²) in [7, 11) is 1.94.